The second-order valence-electron chi connectivity index (χ2n) is 11.1. The molecule has 3 heterocycles. The zero-order valence-corrected chi connectivity index (χ0v) is 21.0. The molecule has 1 aromatic carbocycles. The molecule has 4 aliphatic rings. The van der Waals surface area contributed by atoms with Gasteiger partial charge in [0.25, 0.3) is 5.91 Å². The van der Waals surface area contributed by atoms with Gasteiger partial charge in [0, 0.05) is 31.6 Å². The van der Waals surface area contributed by atoms with Crippen molar-refractivity contribution in [3.05, 3.63) is 34.6 Å². The first-order valence-corrected chi connectivity index (χ1v) is 13.4. The first-order valence-electron chi connectivity index (χ1n) is 13.4. The third kappa shape index (κ3) is 5.63. The minimum Gasteiger partial charge on any atom is -0.465 e. The summed E-state index contributed by atoms with van der Waals surface area (Å²) in [4.78, 5) is 51.3. The number of carboxylic acid groups (broad SMARTS) is 1. The number of piperidine rings is 2. The molecule has 0 aromatic heterocycles. The van der Waals surface area contributed by atoms with Crippen molar-refractivity contribution in [1.29, 1.82) is 0 Å². The molecule has 37 heavy (non-hydrogen) atoms. The minimum atomic E-state index is -0.956. The molecule has 4 amide bonds. The number of benzene rings is 1. The Kier molecular flexibility index (Phi) is 7.46. The van der Waals surface area contributed by atoms with Crippen LogP contribution < -0.4 is 10.6 Å². The minimum absolute atomic E-state index is 0.0964. The molecule has 3 fully saturated rings. The van der Waals surface area contributed by atoms with E-state index in [0.717, 1.165) is 63.7 Å². The normalized spacial score (nSPS) is 27.2. The molecule has 1 atom stereocenters. The van der Waals surface area contributed by atoms with Gasteiger partial charge in [-0.1, -0.05) is 6.07 Å². The van der Waals surface area contributed by atoms with Gasteiger partial charge in [-0.2, -0.15) is 0 Å². The van der Waals surface area contributed by atoms with Crippen LogP contribution in [0.15, 0.2) is 12.1 Å². The Bertz CT molecular complexity index is 1080. The number of amides is 4. The van der Waals surface area contributed by atoms with Crippen molar-refractivity contribution in [1.82, 2.24) is 20.4 Å². The van der Waals surface area contributed by atoms with E-state index in [-0.39, 0.29) is 36.5 Å². The molecule has 1 unspecified atom stereocenters. The average Bonchev–Trinajstić information content (AvgIpc) is 3.18. The van der Waals surface area contributed by atoms with E-state index in [1.165, 1.54) is 11.0 Å². The molecule has 1 saturated carbocycles. The lowest BCUT2D eigenvalue weighted by atomic mass is 9.81. The Hall–Kier alpha value is -3.01. The van der Waals surface area contributed by atoms with Crippen LogP contribution in [0.3, 0.4) is 0 Å². The molecule has 5 rings (SSSR count). The van der Waals surface area contributed by atoms with Crippen molar-refractivity contribution in [2.45, 2.75) is 69.9 Å². The molecule has 3 N–H and O–H groups in total. The first-order chi connectivity index (χ1) is 17.8. The SMILES string of the molecule is O=C(O)NC[C@H]1CC[C@H](CN2CCC(c3cc4c(cc3F)C(=O)N(C3CCC(=O)NC3=O)C4)CC2)CC1. The molecule has 10 heteroatoms. The molecular weight excluding hydrogens is 479 g/mol. The van der Waals surface area contributed by atoms with Crippen molar-refractivity contribution >= 4 is 23.8 Å². The predicted molar refractivity (Wildman–Crippen MR) is 132 cm³/mol. The van der Waals surface area contributed by atoms with Crippen molar-refractivity contribution in [3.63, 3.8) is 0 Å². The zero-order chi connectivity index (χ0) is 26.1. The molecule has 200 valence electrons. The number of likely N-dealkylation sites (tertiary alicyclic amines) is 1. The van der Waals surface area contributed by atoms with Gasteiger partial charge in [0.2, 0.25) is 11.8 Å². The van der Waals surface area contributed by atoms with E-state index >= 15 is 4.39 Å². The summed E-state index contributed by atoms with van der Waals surface area (Å²) in [6.45, 7) is 3.65. The van der Waals surface area contributed by atoms with Crippen molar-refractivity contribution in [2.24, 2.45) is 11.8 Å². The fraction of sp³-hybridized carbons (Fsp3) is 0.630. The summed E-state index contributed by atoms with van der Waals surface area (Å²) in [6, 6.07) is 2.46. The van der Waals surface area contributed by atoms with Crippen LogP contribution in [0.1, 0.15) is 78.8 Å². The highest BCUT2D eigenvalue weighted by Gasteiger charge is 2.40. The highest BCUT2D eigenvalue weighted by Crippen LogP contribution is 2.36. The Morgan fingerprint density at radius 3 is 2.41 bits per heavy atom. The van der Waals surface area contributed by atoms with Gasteiger partial charge in [-0.15, -0.1) is 0 Å². The number of rotatable bonds is 6. The smallest absolute Gasteiger partial charge is 0.404 e. The van der Waals surface area contributed by atoms with Crippen LogP contribution >= 0.6 is 0 Å². The van der Waals surface area contributed by atoms with E-state index < -0.39 is 18.0 Å². The maximum atomic E-state index is 15.2. The second kappa shape index (κ2) is 10.8. The van der Waals surface area contributed by atoms with Gasteiger partial charge in [0.05, 0.1) is 0 Å². The number of fused-ring (bicyclic) bond motifs is 1. The molecule has 1 aromatic rings. The zero-order valence-electron chi connectivity index (χ0n) is 21.0. The number of carbonyl (C=O) groups is 4. The molecule has 1 aliphatic carbocycles. The van der Waals surface area contributed by atoms with Crippen LogP contribution in [0, 0.1) is 17.7 Å². The van der Waals surface area contributed by atoms with E-state index in [2.05, 4.69) is 15.5 Å². The molecule has 0 bridgehead atoms. The van der Waals surface area contributed by atoms with Crippen molar-refractivity contribution < 1.29 is 28.7 Å². The maximum Gasteiger partial charge on any atom is 0.404 e. The number of hydrogen-bond acceptors (Lipinski definition) is 5. The summed E-state index contributed by atoms with van der Waals surface area (Å²) in [5, 5.41) is 13.6. The molecule has 0 spiro atoms. The largest absolute Gasteiger partial charge is 0.465 e. The number of nitrogens with zero attached hydrogens (tertiary/aromatic N) is 2. The monoisotopic (exact) mass is 514 g/mol. The molecule has 9 nitrogen and oxygen atoms in total. The number of carbonyl (C=O) groups excluding carboxylic acids is 3. The Morgan fingerprint density at radius 2 is 1.73 bits per heavy atom. The lowest BCUT2D eigenvalue weighted by Crippen LogP contribution is -2.52. The number of hydrogen-bond donors (Lipinski definition) is 3. The Balaban J connectivity index is 1.14. The Morgan fingerprint density at radius 1 is 1.03 bits per heavy atom. The standard InChI is InChI=1S/C27H35FN4O5/c28-22-12-21-19(15-32(26(21)35)23-5-6-24(33)30-25(23)34)11-20(22)18-7-9-31(10-8-18)14-17-3-1-16(2-4-17)13-29-27(36)37/h11-12,16-18,23,29H,1-10,13-15H2,(H,36,37)(H,30,33,34)/t16-,17-,23?. The van der Waals surface area contributed by atoms with Gasteiger partial charge in [0.15, 0.2) is 0 Å². The highest BCUT2D eigenvalue weighted by molar-refractivity contribution is 6.05. The van der Waals surface area contributed by atoms with Gasteiger partial charge >= 0.3 is 6.09 Å². The fourth-order valence-corrected chi connectivity index (χ4v) is 6.56. The lowest BCUT2D eigenvalue weighted by molar-refractivity contribution is -0.136. The summed E-state index contributed by atoms with van der Waals surface area (Å²) in [6.07, 6.45) is 5.58. The second-order valence-corrected chi connectivity index (χ2v) is 11.1. The van der Waals surface area contributed by atoms with Gasteiger partial charge in [-0.25, -0.2) is 9.18 Å². The first kappa shape index (κ1) is 25.6. The van der Waals surface area contributed by atoms with Crippen molar-refractivity contribution in [3.8, 4) is 0 Å². The van der Waals surface area contributed by atoms with E-state index in [0.29, 0.717) is 35.9 Å². The van der Waals surface area contributed by atoms with Crippen LogP contribution in [0.4, 0.5) is 9.18 Å². The van der Waals surface area contributed by atoms with Crippen LogP contribution in [-0.2, 0) is 16.1 Å². The summed E-state index contributed by atoms with van der Waals surface area (Å²) < 4.78 is 15.2. The van der Waals surface area contributed by atoms with Gasteiger partial charge < -0.3 is 20.2 Å². The van der Waals surface area contributed by atoms with Gasteiger partial charge in [0.1, 0.15) is 11.9 Å². The quantitative estimate of drug-likeness (QED) is 0.503. The fourth-order valence-electron chi connectivity index (χ4n) is 6.56. The van der Waals surface area contributed by atoms with E-state index in [1.807, 2.05) is 6.07 Å². The summed E-state index contributed by atoms with van der Waals surface area (Å²) in [5.41, 5.74) is 1.72. The lowest BCUT2D eigenvalue weighted by Gasteiger charge is -2.37. The Labute approximate surface area is 215 Å². The topological polar surface area (TPSA) is 119 Å². The summed E-state index contributed by atoms with van der Waals surface area (Å²) >= 11 is 0. The molecule has 3 aliphatic heterocycles. The van der Waals surface area contributed by atoms with E-state index in [1.54, 1.807) is 0 Å². The number of nitrogens with one attached hydrogen (secondary N) is 2. The maximum absolute atomic E-state index is 15.2. The third-order valence-electron chi connectivity index (χ3n) is 8.69. The van der Waals surface area contributed by atoms with Gasteiger partial charge in [-0.3, -0.25) is 19.7 Å². The van der Waals surface area contributed by atoms with E-state index in [9.17, 15) is 19.2 Å². The van der Waals surface area contributed by atoms with Crippen LogP contribution in [-0.4, -0.2) is 70.9 Å². The predicted octanol–water partition coefficient (Wildman–Crippen LogP) is 2.84. The number of halogens is 1. The van der Waals surface area contributed by atoms with Crippen LogP contribution in [0.25, 0.3) is 0 Å². The molecular formula is C27H35FN4O5. The van der Waals surface area contributed by atoms with Gasteiger partial charge in [-0.05, 0) is 93.0 Å². The summed E-state index contributed by atoms with van der Waals surface area (Å²) in [7, 11) is 0. The van der Waals surface area contributed by atoms with Crippen LogP contribution in [0.5, 0.6) is 0 Å². The third-order valence-corrected chi connectivity index (χ3v) is 8.69. The molecule has 0 radical (unpaired) electrons. The molecule has 2 saturated heterocycles. The van der Waals surface area contributed by atoms with E-state index in [4.69, 9.17) is 5.11 Å². The average molecular weight is 515 g/mol. The summed E-state index contributed by atoms with van der Waals surface area (Å²) in [5.74, 6) is -0.347. The number of imide groups is 1. The van der Waals surface area contributed by atoms with Crippen molar-refractivity contribution in [2.75, 3.05) is 26.2 Å². The van der Waals surface area contributed by atoms with Crippen LogP contribution in [0.2, 0.25) is 0 Å². The highest BCUT2D eigenvalue weighted by atomic mass is 19.1.